The van der Waals surface area contributed by atoms with Gasteiger partial charge in [-0.3, -0.25) is 14.3 Å². The molecular weight excluding hydrogens is 308 g/mol. The first-order chi connectivity index (χ1) is 11.3. The molecule has 2 aromatic rings. The highest BCUT2D eigenvalue weighted by Gasteiger charge is 2.20. The zero-order valence-corrected chi connectivity index (χ0v) is 14.8. The first-order valence-corrected chi connectivity index (χ1v) is 8.11. The maximum Gasteiger partial charge on any atom is 0.222 e. The standard InChI is InChI=1S/C17H24N4O3/c1-6-14-8-15(24-20-14)9-18-16(23)7-10(2)21-12(4)17(13(5)22)11(3)19-21/h8,10H,6-7,9H2,1-5H3,(H,18,23). The Kier molecular flexibility index (Phi) is 5.54. The summed E-state index contributed by atoms with van der Waals surface area (Å²) in [6.07, 6.45) is 1.07. The highest BCUT2D eigenvalue weighted by molar-refractivity contribution is 5.96. The van der Waals surface area contributed by atoms with Crippen LogP contribution in [0.3, 0.4) is 0 Å². The summed E-state index contributed by atoms with van der Waals surface area (Å²) in [6, 6.07) is 1.70. The largest absolute Gasteiger partial charge is 0.359 e. The zero-order valence-electron chi connectivity index (χ0n) is 14.8. The minimum Gasteiger partial charge on any atom is -0.359 e. The predicted molar refractivity (Wildman–Crippen MR) is 88.8 cm³/mol. The molecule has 1 unspecified atom stereocenters. The summed E-state index contributed by atoms with van der Waals surface area (Å²) >= 11 is 0. The summed E-state index contributed by atoms with van der Waals surface area (Å²) in [5, 5.41) is 11.1. The average Bonchev–Trinajstić information content (AvgIpc) is 3.09. The number of aryl methyl sites for hydroxylation is 2. The van der Waals surface area contributed by atoms with Gasteiger partial charge in [0.25, 0.3) is 0 Å². The summed E-state index contributed by atoms with van der Waals surface area (Å²) in [5.74, 6) is 0.525. The molecule has 0 fully saturated rings. The normalized spacial score (nSPS) is 12.2. The second kappa shape index (κ2) is 7.42. The molecular formula is C17H24N4O3. The zero-order chi connectivity index (χ0) is 17.9. The fourth-order valence-electron chi connectivity index (χ4n) is 2.82. The Bertz CT molecular complexity index is 745. The van der Waals surface area contributed by atoms with Crippen molar-refractivity contribution < 1.29 is 14.1 Å². The second-order valence-corrected chi connectivity index (χ2v) is 6.01. The van der Waals surface area contributed by atoms with Crippen molar-refractivity contribution in [3.63, 3.8) is 0 Å². The molecule has 2 rings (SSSR count). The monoisotopic (exact) mass is 332 g/mol. The minimum absolute atomic E-state index is 0.00931. The molecule has 0 bridgehead atoms. The quantitative estimate of drug-likeness (QED) is 0.787. The van der Waals surface area contributed by atoms with Crippen LogP contribution in [0.25, 0.3) is 0 Å². The van der Waals surface area contributed by atoms with Gasteiger partial charge in [-0.25, -0.2) is 0 Å². The van der Waals surface area contributed by atoms with Crippen molar-refractivity contribution in [1.82, 2.24) is 20.3 Å². The third kappa shape index (κ3) is 3.90. The van der Waals surface area contributed by atoms with E-state index in [0.29, 0.717) is 23.6 Å². The van der Waals surface area contributed by atoms with Gasteiger partial charge < -0.3 is 9.84 Å². The number of aromatic nitrogens is 3. The van der Waals surface area contributed by atoms with Crippen LogP contribution in [0.1, 0.15) is 66.4 Å². The van der Waals surface area contributed by atoms with Gasteiger partial charge in [0.2, 0.25) is 5.91 Å². The molecule has 7 heteroatoms. The van der Waals surface area contributed by atoms with Crippen molar-refractivity contribution in [2.75, 3.05) is 0 Å². The molecule has 0 aromatic carbocycles. The van der Waals surface area contributed by atoms with Crippen LogP contribution in [-0.4, -0.2) is 26.6 Å². The number of ketones is 1. The second-order valence-electron chi connectivity index (χ2n) is 6.01. The lowest BCUT2D eigenvalue weighted by Gasteiger charge is -2.14. The van der Waals surface area contributed by atoms with Gasteiger partial charge in [-0.1, -0.05) is 12.1 Å². The van der Waals surface area contributed by atoms with Crippen LogP contribution in [0.4, 0.5) is 0 Å². The Hall–Kier alpha value is -2.44. The molecule has 0 aliphatic heterocycles. The number of carbonyl (C=O) groups is 2. The molecule has 2 aromatic heterocycles. The van der Waals surface area contributed by atoms with E-state index in [2.05, 4.69) is 15.6 Å². The van der Waals surface area contributed by atoms with E-state index in [1.165, 1.54) is 6.92 Å². The lowest BCUT2D eigenvalue weighted by molar-refractivity contribution is -0.122. The molecule has 1 N–H and O–H groups in total. The number of amides is 1. The van der Waals surface area contributed by atoms with Crippen LogP contribution >= 0.6 is 0 Å². The Morgan fingerprint density at radius 1 is 1.38 bits per heavy atom. The van der Waals surface area contributed by atoms with Crippen LogP contribution in [0.5, 0.6) is 0 Å². The van der Waals surface area contributed by atoms with Crippen molar-refractivity contribution in [2.45, 2.75) is 60.0 Å². The molecule has 24 heavy (non-hydrogen) atoms. The molecule has 7 nitrogen and oxygen atoms in total. The molecule has 1 amide bonds. The van der Waals surface area contributed by atoms with Crippen molar-refractivity contribution in [1.29, 1.82) is 0 Å². The number of hydrogen-bond donors (Lipinski definition) is 1. The van der Waals surface area contributed by atoms with E-state index in [1.807, 2.05) is 33.8 Å². The van der Waals surface area contributed by atoms with Crippen LogP contribution < -0.4 is 5.32 Å². The molecule has 0 aliphatic carbocycles. The van der Waals surface area contributed by atoms with Gasteiger partial charge in [0, 0.05) is 18.2 Å². The molecule has 0 aliphatic rings. The van der Waals surface area contributed by atoms with Gasteiger partial charge in [0.05, 0.1) is 29.5 Å². The molecule has 2 heterocycles. The van der Waals surface area contributed by atoms with Crippen molar-refractivity contribution in [3.8, 4) is 0 Å². The Morgan fingerprint density at radius 2 is 2.08 bits per heavy atom. The maximum atomic E-state index is 12.1. The van der Waals surface area contributed by atoms with Crippen LogP contribution in [0.15, 0.2) is 10.6 Å². The summed E-state index contributed by atoms with van der Waals surface area (Å²) in [7, 11) is 0. The lowest BCUT2D eigenvalue weighted by Crippen LogP contribution is -2.26. The number of nitrogens with one attached hydrogen (secondary N) is 1. The molecule has 0 saturated carbocycles. The lowest BCUT2D eigenvalue weighted by atomic mass is 10.1. The topological polar surface area (TPSA) is 90.0 Å². The fraction of sp³-hybridized carbons (Fsp3) is 0.529. The molecule has 1 atom stereocenters. The fourth-order valence-corrected chi connectivity index (χ4v) is 2.82. The van der Waals surface area contributed by atoms with E-state index >= 15 is 0 Å². The maximum absolute atomic E-state index is 12.1. The van der Waals surface area contributed by atoms with Crippen LogP contribution in [0, 0.1) is 13.8 Å². The number of hydrogen-bond acceptors (Lipinski definition) is 5. The Morgan fingerprint density at radius 3 is 2.62 bits per heavy atom. The molecule has 0 spiro atoms. The highest BCUT2D eigenvalue weighted by atomic mass is 16.5. The summed E-state index contributed by atoms with van der Waals surface area (Å²) in [4.78, 5) is 23.8. The van der Waals surface area contributed by atoms with Crippen molar-refractivity contribution in [2.24, 2.45) is 0 Å². The minimum atomic E-state index is -0.141. The first-order valence-electron chi connectivity index (χ1n) is 8.11. The number of rotatable bonds is 7. The predicted octanol–water partition coefficient (Wildman–Crippen LogP) is 2.52. The van der Waals surface area contributed by atoms with Gasteiger partial charge >= 0.3 is 0 Å². The van der Waals surface area contributed by atoms with Gasteiger partial charge in [-0.2, -0.15) is 5.10 Å². The van der Waals surface area contributed by atoms with Crippen LogP contribution in [0.2, 0.25) is 0 Å². The Labute approximate surface area is 141 Å². The summed E-state index contributed by atoms with van der Waals surface area (Å²) in [6.45, 7) is 9.40. The SMILES string of the molecule is CCc1cc(CNC(=O)CC(C)n2nc(C)c(C(C)=O)c2C)on1. The van der Waals surface area contributed by atoms with Crippen LogP contribution in [-0.2, 0) is 17.8 Å². The van der Waals surface area contributed by atoms with E-state index in [9.17, 15) is 9.59 Å². The Balaban J connectivity index is 1.96. The van der Waals surface area contributed by atoms with E-state index in [-0.39, 0.29) is 24.2 Å². The van der Waals surface area contributed by atoms with E-state index in [4.69, 9.17) is 4.52 Å². The summed E-state index contributed by atoms with van der Waals surface area (Å²) in [5.41, 5.74) is 2.99. The molecule has 0 saturated heterocycles. The number of Topliss-reactive ketones (excluding diaryl/α,β-unsaturated/α-hetero) is 1. The number of nitrogens with zero attached hydrogens (tertiary/aromatic N) is 3. The van der Waals surface area contributed by atoms with E-state index in [0.717, 1.165) is 17.8 Å². The third-order valence-electron chi connectivity index (χ3n) is 4.01. The van der Waals surface area contributed by atoms with E-state index < -0.39 is 0 Å². The molecule has 130 valence electrons. The van der Waals surface area contributed by atoms with Gasteiger partial charge in [0.15, 0.2) is 11.5 Å². The summed E-state index contributed by atoms with van der Waals surface area (Å²) < 4.78 is 6.89. The van der Waals surface area contributed by atoms with Crippen molar-refractivity contribution >= 4 is 11.7 Å². The number of carbonyl (C=O) groups excluding carboxylic acids is 2. The van der Waals surface area contributed by atoms with Gasteiger partial charge in [0.1, 0.15) is 0 Å². The average molecular weight is 332 g/mol. The first kappa shape index (κ1) is 17.9. The third-order valence-corrected chi connectivity index (χ3v) is 4.01. The smallest absolute Gasteiger partial charge is 0.222 e. The highest BCUT2D eigenvalue weighted by Crippen LogP contribution is 2.20. The van der Waals surface area contributed by atoms with Crippen molar-refractivity contribution in [3.05, 3.63) is 34.5 Å². The van der Waals surface area contributed by atoms with Gasteiger partial charge in [-0.05, 0) is 34.1 Å². The molecule has 0 radical (unpaired) electrons. The van der Waals surface area contributed by atoms with Gasteiger partial charge in [-0.15, -0.1) is 0 Å². The van der Waals surface area contributed by atoms with E-state index in [1.54, 1.807) is 4.68 Å².